The summed E-state index contributed by atoms with van der Waals surface area (Å²) in [5.41, 5.74) is 5.23. The maximum atomic E-state index is 5.81. The summed E-state index contributed by atoms with van der Waals surface area (Å²) in [6.07, 6.45) is 5.25. The minimum atomic E-state index is 0.568. The van der Waals surface area contributed by atoms with Crippen molar-refractivity contribution in [1.29, 1.82) is 0 Å². The Bertz CT molecular complexity index is 1140. The Morgan fingerprint density at radius 3 is 2.40 bits per heavy atom. The van der Waals surface area contributed by atoms with E-state index in [0.717, 1.165) is 34.6 Å². The fourth-order valence-electron chi connectivity index (χ4n) is 3.43. The van der Waals surface area contributed by atoms with E-state index in [1.54, 1.807) is 18.9 Å². The van der Waals surface area contributed by atoms with E-state index < -0.39 is 0 Å². The molecule has 2 heterocycles. The lowest BCUT2D eigenvalue weighted by atomic mass is 10.1. The number of hydrogen-bond donors (Lipinski definition) is 1. The second-order valence-corrected chi connectivity index (χ2v) is 6.89. The van der Waals surface area contributed by atoms with E-state index in [1.165, 1.54) is 11.1 Å². The highest BCUT2D eigenvalue weighted by molar-refractivity contribution is 5.95. The molecule has 154 valence electrons. The van der Waals surface area contributed by atoms with Gasteiger partial charge in [0.2, 0.25) is 0 Å². The van der Waals surface area contributed by atoms with Crippen LogP contribution in [0, 0.1) is 6.92 Å². The molecule has 0 aliphatic carbocycles. The molecule has 0 spiro atoms. The molecule has 4 rings (SSSR count). The average Bonchev–Trinajstić information content (AvgIpc) is 3.25. The normalized spacial score (nSPS) is 10.9. The van der Waals surface area contributed by atoms with Gasteiger partial charge in [0.05, 0.1) is 25.3 Å². The molecule has 2 aromatic heterocycles. The monoisotopic (exact) mass is 403 g/mol. The number of fused-ring (bicyclic) bond motifs is 1. The molecule has 7 nitrogen and oxygen atoms in total. The smallest absolute Gasteiger partial charge is 0.163 e. The number of nitrogens with zero attached hydrogens (tertiary/aromatic N) is 4. The highest BCUT2D eigenvalue weighted by atomic mass is 16.5. The number of benzene rings is 2. The molecule has 0 radical (unpaired) electrons. The Morgan fingerprint density at radius 2 is 1.67 bits per heavy atom. The summed E-state index contributed by atoms with van der Waals surface area (Å²) in [6, 6.07) is 12.2. The SMILES string of the molecule is CCOc1cc2nccc(Nc3cccc(Cn4cnnc4)c3C)c2cc1OCC. The first-order valence-electron chi connectivity index (χ1n) is 10.1. The van der Waals surface area contributed by atoms with Crippen LogP contribution >= 0.6 is 0 Å². The van der Waals surface area contributed by atoms with Crippen LogP contribution in [0.15, 0.2) is 55.2 Å². The molecule has 0 bridgehead atoms. The maximum absolute atomic E-state index is 5.81. The third kappa shape index (κ3) is 4.05. The van der Waals surface area contributed by atoms with E-state index in [1.807, 2.05) is 36.6 Å². The van der Waals surface area contributed by atoms with Crippen molar-refractivity contribution in [3.05, 3.63) is 66.4 Å². The Kier molecular flexibility index (Phi) is 5.79. The Labute approximate surface area is 175 Å². The summed E-state index contributed by atoms with van der Waals surface area (Å²) < 4.78 is 13.5. The minimum Gasteiger partial charge on any atom is -0.490 e. The van der Waals surface area contributed by atoms with Gasteiger partial charge < -0.3 is 19.4 Å². The van der Waals surface area contributed by atoms with Crippen LogP contribution in [-0.2, 0) is 6.54 Å². The average molecular weight is 403 g/mol. The van der Waals surface area contributed by atoms with Gasteiger partial charge in [-0.15, -0.1) is 10.2 Å². The molecule has 4 aromatic rings. The Morgan fingerprint density at radius 1 is 0.933 bits per heavy atom. The first-order chi connectivity index (χ1) is 14.7. The number of aromatic nitrogens is 4. The van der Waals surface area contributed by atoms with Crippen LogP contribution in [0.25, 0.3) is 10.9 Å². The molecule has 0 amide bonds. The lowest BCUT2D eigenvalue weighted by Crippen LogP contribution is -2.03. The summed E-state index contributed by atoms with van der Waals surface area (Å²) in [6.45, 7) is 7.90. The van der Waals surface area contributed by atoms with Crippen LogP contribution in [-0.4, -0.2) is 33.0 Å². The zero-order valence-corrected chi connectivity index (χ0v) is 17.4. The van der Waals surface area contributed by atoms with Crippen LogP contribution in [0.1, 0.15) is 25.0 Å². The summed E-state index contributed by atoms with van der Waals surface area (Å²) in [5.74, 6) is 1.43. The van der Waals surface area contributed by atoms with Gasteiger partial charge in [0.1, 0.15) is 12.7 Å². The molecule has 0 aliphatic rings. The van der Waals surface area contributed by atoms with Crippen molar-refractivity contribution in [3.8, 4) is 11.5 Å². The highest BCUT2D eigenvalue weighted by Gasteiger charge is 2.12. The predicted octanol–water partition coefficient (Wildman–Crippen LogP) is 4.72. The van der Waals surface area contributed by atoms with Crippen LogP contribution in [0.4, 0.5) is 11.4 Å². The molecule has 0 saturated heterocycles. The Hall–Kier alpha value is -3.61. The lowest BCUT2D eigenvalue weighted by molar-refractivity contribution is 0.288. The molecule has 0 atom stereocenters. The topological polar surface area (TPSA) is 74.1 Å². The summed E-state index contributed by atoms with van der Waals surface area (Å²) in [7, 11) is 0. The van der Waals surface area contributed by atoms with Crippen LogP contribution < -0.4 is 14.8 Å². The van der Waals surface area contributed by atoms with Crippen molar-refractivity contribution in [2.24, 2.45) is 0 Å². The zero-order chi connectivity index (χ0) is 20.9. The largest absolute Gasteiger partial charge is 0.490 e. The third-order valence-corrected chi connectivity index (χ3v) is 4.94. The van der Waals surface area contributed by atoms with Gasteiger partial charge in [-0.2, -0.15) is 0 Å². The number of nitrogens with one attached hydrogen (secondary N) is 1. The van der Waals surface area contributed by atoms with Crippen molar-refractivity contribution >= 4 is 22.3 Å². The molecule has 0 fully saturated rings. The van der Waals surface area contributed by atoms with Crippen LogP contribution in [0.3, 0.4) is 0 Å². The van der Waals surface area contributed by atoms with E-state index in [0.29, 0.717) is 19.0 Å². The van der Waals surface area contributed by atoms with Gasteiger partial charge in [0.15, 0.2) is 11.5 Å². The first kappa shape index (κ1) is 19.7. The highest BCUT2D eigenvalue weighted by Crippen LogP contribution is 2.36. The zero-order valence-electron chi connectivity index (χ0n) is 17.4. The molecule has 0 unspecified atom stereocenters. The molecule has 1 N–H and O–H groups in total. The molecule has 0 saturated carbocycles. The van der Waals surface area contributed by atoms with E-state index >= 15 is 0 Å². The van der Waals surface area contributed by atoms with Gasteiger partial charge in [-0.1, -0.05) is 12.1 Å². The summed E-state index contributed by atoms with van der Waals surface area (Å²) in [5, 5.41) is 12.3. The van der Waals surface area contributed by atoms with Gasteiger partial charge in [0, 0.05) is 29.0 Å². The van der Waals surface area contributed by atoms with Crippen LogP contribution in [0.2, 0.25) is 0 Å². The standard InChI is InChI=1S/C23H25N5O2/c1-4-29-22-11-18-20(9-10-24-21(18)12-23(22)30-5-2)27-19-8-6-7-17(16(19)3)13-28-14-25-26-15-28/h6-12,14-15H,4-5,13H2,1-3H3,(H,24,27). The van der Waals surface area contributed by atoms with E-state index in [9.17, 15) is 0 Å². The molecule has 0 aliphatic heterocycles. The molecule has 30 heavy (non-hydrogen) atoms. The van der Waals surface area contributed by atoms with Gasteiger partial charge in [0.25, 0.3) is 0 Å². The van der Waals surface area contributed by atoms with Gasteiger partial charge in [-0.3, -0.25) is 4.98 Å². The number of anilines is 2. The van der Waals surface area contributed by atoms with Crippen molar-refractivity contribution in [2.75, 3.05) is 18.5 Å². The van der Waals surface area contributed by atoms with E-state index in [-0.39, 0.29) is 0 Å². The number of ether oxygens (including phenoxy) is 2. The third-order valence-electron chi connectivity index (χ3n) is 4.94. The summed E-state index contributed by atoms with van der Waals surface area (Å²) in [4.78, 5) is 4.52. The Balaban J connectivity index is 1.71. The number of hydrogen-bond acceptors (Lipinski definition) is 6. The molecular formula is C23H25N5O2. The fraction of sp³-hybridized carbons (Fsp3) is 0.261. The van der Waals surface area contributed by atoms with Crippen molar-refractivity contribution in [3.63, 3.8) is 0 Å². The first-order valence-corrected chi connectivity index (χ1v) is 10.1. The molecule has 2 aromatic carbocycles. The molecule has 7 heteroatoms. The quantitative estimate of drug-likeness (QED) is 0.459. The summed E-state index contributed by atoms with van der Waals surface area (Å²) >= 11 is 0. The van der Waals surface area contributed by atoms with E-state index in [4.69, 9.17) is 9.47 Å². The van der Waals surface area contributed by atoms with Crippen molar-refractivity contribution in [2.45, 2.75) is 27.3 Å². The maximum Gasteiger partial charge on any atom is 0.163 e. The minimum absolute atomic E-state index is 0.568. The predicted molar refractivity (Wildman–Crippen MR) is 118 cm³/mol. The van der Waals surface area contributed by atoms with Gasteiger partial charge in [-0.25, -0.2) is 0 Å². The number of pyridine rings is 1. The second-order valence-electron chi connectivity index (χ2n) is 6.89. The lowest BCUT2D eigenvalue weighted by Gasteiger charge is -2.17. The van der Waals surface area contributed by atoms with Gasteiger partial charge >= 0.3 is 0 Å². The number of rotatable bonds is 8. The van der Waals surface area contributed by atoms with E-state index in [2.05, 4.69) is 45.6 Å². The van der Waals surface area contributed by atoms with Crippen LogP contribution in [0.5, 0.6) is 11.5 Å². The van der Waals surface area contributed by atoms with Crippen molar-refractivity contribution < 1.29 is 9.47 Å². The molecular weight excluding hydrogens is 378 g/mol. The van der Waals surface area contributed by atoms with Crippen molar-refractivity contribution in [1.82, 2.24) is 19.7 Å². The fourth-order valence-corrected chi connectivity index (χ4v) is 3.43. The second kappa shape index (κ2) is 8.82. The van der Waals surface area contributed by atoms with Gasteiger partial charge in [-0.05, 0) is 50.1 Å².